The lowest BCUT2D eigenvalue weighted by Crippen LogP contribution is -2.53. The Kier molecular flexibility index (Phi) is 8.89. The van der Waals surface area contributed by atoms with Gasteiger partial charge in [0.25, 0.3) is 11.8 Å². The molecule has 3 amide bonds. The predicted molar refractivity (Wildman–Crippen MR) is 191 cm³/mol. The number of piperidine rings is 1. The average molecular weight is 722 g/mol. The molecule has 0 bridgehead atoms. The summed E-state index contributed by atoms with van der Waals surface area (Å²) in [5.74, 6) is -0.604. The molecule has 0 aliphatic carbocycles. The number of para-hydroxylation sites is 1. The fourth-order valence-electron chi connectivity index (χ4n) is 6.96. The highest BCUT2D eigenvalue weighted by atomic mass is 79.9. The molecule has 11 nitrogen and oxygen atoms in total. The van der Waals surface area contributed by atoms with Crippen molar-refractivity contribution < 1.29 is 14.4 Å². The number of benzene rings is 3. The van der Waals surface area contributed by atoms with Gasteiger partial charge < -0.3 is 15.5 Å². The van der Waals surface area contributed by atoms with Gasteiger partial charge in [-0.3, -0.25) is 19.1 Å². The van der Waals surface area contributed by atoms with Crippen LogP contribution < -0.4 is 15.5 Å². The van der Waals surface area contributed by atoms with Gasteiger partial charge in [0, 0.05) is 40.1 Å². The molecule has 4 heterocycles. The van der Waals surface area contributed by atoms with E-state index in [0.717, 1.165) is 69.6 Å². The van der Waals surface area contributed by atoms with Crippen LogP contribution in [0.5, 0.6) is 0 Å². The largest absolute Gasteiger partial charge is 0.340 e. The number of carbonyl (C=O) groups is 3. The maximum Gasteiger partial charge on any atom is 0.255 e. The smallest absolute Gasteiger partial charge is 0.255 e. The fourth-order valence-corrected chi connectivity index (χ4v) is 7.64. The molecule has 2 N–H and O–H groups in total. The van der Waals surface area contributed by atoms with E-state index in [0.29, 0.717) is 35.5 Å². The molecule has 0 radical (unpaired) electrons. The zero-order valence-corrected chi connectivity index (χ0v) is 29.2. The SMILES string of the molecule is Cc1ccc(-c2cn(Cc3nn4c(c3C(=O)NC3CCCN(c5c(C)cc(Br)cc5C)C3=O)CCC4)nn2)cc1C(=O)Nc1ccccc1. The van der Waals surface area contributed by atoms with Crippen LogP contribution in [0.4, 0.5) is 11.4 Å². The maximum atomic E-state index is 14.0. The quantitative estimate of drug-likeness (QED) is 0.203. The Balaban J connectivity index is 1.10. The minimum Gasteiger partial charge on any atom is -0.340 e. The molecule has 5 aromatic rings. The van der Waals surface area contributed by atoms with Crippen molar-refractivity contribution in [2.75, 3.05) is 16.8 Å². The second-order valence-electron chi connectivity index (χ2n) is 12.8. The molecular formula is C37H37BrN8O3. The summed E-state index contributed by atoms with van der Waals surface area (Å²) in [7, 11) is 0. The summed E-state index contributed by atoms with van der Waals surface area (Å²) in [5, 5.41) is 19.6. The summed E-state index contributed by atoms with van der Waals surface area (Å²) in [6, 6.07) is 18.3. The molecule has 2 aliphatic rings. The Hall–Kier alpha value is -5.10. The van der Waals surface area contributed by atoms with Crippen molar-refractivity contribution in [3.05, 3.63) is 111 Å². The van der Waals surface area contributed by atoms with Crippen LogP contribution in [0.1, 0.15) is 68.1 Å². The lowest BCUT2D eigenvalue weighted by atomic mass is 10.00. The zero-order chi connectivity index (χ0) is 34.2. The Morgan fingerprint density at radius 2 is 1.71 bits per heavy atom. The summed E-state index contributed by atoms with van der Waals surface area (Å²) < 4.78 is 4.52. The first-order valence-corrected chi connectivity index (χ1v) is 17.3. The third-order valence-corrected chi connectivity index (χ3v) is 9.73. The van der Waals surface area contributed by atoms with Crippen LogP contribution in [0.2, 0.25) is 0 Å². The number of aromatic nitrogens is 5. The summed E-state index contributed by atoms with van der Waals surface area (Å²) in [4.78, 5) is 42.7. The van der Waals surface area contributed by atoms with Crippen LogP contribution in [0.25, 0.3) is 11.3 Å². The average Bonchev–Trinajstić information content (AvgIpc) is 3.80. The number of aryl methyl sites for hydroxylation is 4. The van der Waals surface area contributed by atoms with E-state index in [1.807, 2.05) is 91.0 Å². The lowest BCUT2D eigenvalue weighted by Gasteiger charge is -2.34. The first kappa shape index (κ1) is 32.4. The van der Waals surface area contributed by atoms with Gasteiger partial charge in [-0.05, 0) is 93.5 Å². The van der Waals surface area contributed by atoms with Crippen molar-refractivity contribution in [2.45, 2.75) is 65.6 Å². The molecule has 1 atom stereocenters. The molecule has 49 heavy (non-hydrogen) atoms. The van der Waals surface area contributed by atoms with Crippen molar-refractivity contribution in [3.63, 3.8) is 0 Å². The van der Waals surface area contributed by atoms with Gasteiger partial charge in [0.1, 0.15) is 11.7 Å². The number of nitrogens with one attached hydrogen (secondary N) is 2. The standard InChI is InChI=1S/C37H37BrN8O3/c1-22-13-14-25(19-28(22)35(47)39-27-9-5-4-6-10-27)30-20-44(43-41-30)21-31-33(32-12-8-16-46(32)42-31)36(48)40-29-11-7-15-45(37(29)49)34-23(2)17-26(38)18-24(34)3/h4-6,9-10,13-14,17-20,29H,7-8,11-12,15-16,21H2,1-3H3,(H,39,47)(H,40,48). The van der Waals surface area contributed by atoms with Gasteiger partial charge in [-0.2, -0.15) is 5.10 Å². The molecule has 2 aromatic heterocycles. The summed E-state index contributed by atoms with van der Waals surface area (Å²) in [5.41, 5.74) is 8.32. The van der Waals surface area contributed by atoms with Crippen molar-refractivity contribution in [2.24, 2.45) is 0 Å². The first-order valence-electron chi connectivity index (χ1n) is 16.5. The fraction of sp³-hybridized carbons (Fsp3) is 0.297. The topological polar surface area (TPSA) is 127 Å². The highest BCUT2D eigenvalue weighted by molar-refractivity contribution is 9.10. The van der Waals surface area contributed by atoms with E-state index >= 15 is 0 Å². The molecule has 1 unspecified atom stereocenters. The van der Waals surface area contributed by atoms with E-state index in [1.165, 1.54) is 0 Å². The number of carbonyl (C=O) groups excluding carboxylic acids is 3. The number of halogens is 1. The predicted octanol–water partition coefficient (Wildman–Crippen LogP) is 6.00. The summed E-state index contributed by atoms with van der Waals surface area (Å²) >= 11 is 3.55. The van der Waals surface area contributed by atoms with Crippen LogP contribution >= 0.6 is 15.9 Å². The van der Waals surface area contributed by atoms with E-state index in [2.05, 4.69) is 36.9 Å². The van der Waals surface area contributed by atoms with Gasteiger partial charge in [0.05, 0.1) is 29.7 Å². The molecule has 1 saturated heterocycles. The van der Waals surface area contributed by atoms with Gasteiger partial charge in [0.2, 0.25) is 5.91 Å². The minimum atomic E-state index is -0.638. The molecule has 0 saturated carbocycles. The highest BCUT2D eigenvalue weighted by Crippen LogP contribution is 2.32. The minimum absolute atomic E-state index is 0.102. The van der Waals surface area contributed by atoms with E-state index in [4.69, 9.17) is 5.10 Å². The highest BCUT2D eigenvalue weighted by Gasteiger charge is 2.35. The summed E-state index contributed by atoms with van der Waals surface area (Å²) in [6.07, 6.45) is 4.78. The third kappa shape index (κ3) is 6.52. The number of anilines is 2. The van der Waals surface area contributed by atoms with Gasteiger partial charge >= 0.3 is 0 Å². The molecule has 250 valence electrons. The van der Waals surface area contributed by atoms with E-state index in [9.17, 15) is 14.4 Å². The van der Waals surface area contributed by atoms with Crippen LogP contribution in [0, 0.1) is 20.8 Å². The van der Waals surface area contributed by atoms with Crippen LogP contribution in [-0.2, 0) is 24.3 Å². The van der Waals surface area contributed by atoms with Crippen LogP contribution in [0.15, 0.2) is 71.3 Å². The molecule has 1 fully saturated rings. The molecule has 12 heteroatoms. The van der Waals surface area contributed by atoms with Crippen molar-refractivity contribution in [3.8, 4) is 11.3 Å². The second kappa shape index (κ2) is 13.4. The number of nitrogens with zero attached hydrogens (tertiary/aromatic N) is 6. The van der Waals surface area contributed by atoms with Crippen molar-refractivity contribution in [1.82, 2.24) is 30.1 Å². The van der Waals surface area contributed by atoms with E-state index in [-0.39, 0.29) is 24.3 Å². The second-order valence-corrected chi connectivity index (χ2v) is 13.7. The van der Waals surface area contributed by atoms with Gasteiger partial charge in [-0.15, -0.1) is 5.10 Å². The molecule has 7 rings (SSSR count). The van der Waals surface area contributed by atoms with Crippen molar-refractivity contribution in [1.29, 1.82) is 0 Å². The van der Waals surface area contributed by atoms with Crippen LogP contribution in [-0.4, -0.2) is 55.1 Å². The van der Waals surface area contributed by atoms with Crippen molar-refractivity contribution >= 4 is 45.0 Å². The van der Waals surface area contributed by atoms with Gasteiger partial charge in [-0.1, -0.05) is 51.5 Å². The number of hydrogen-bond donors (Lipinski definition) is 2. The Morgan fingerprint density at radius 3 is 2.49 bits per heavy atom. The maximum absolute atomic E-state index is 14.0. The lowest BCUT2D eigenvalue weighted by molar-refractivity contribution is -0.121. The normalized spacial score (nSPS) is 15.7. The molecule has 3 aromatic carbocycles. The molecule has 0 spiro atoms. The number of rotatable bonds is 8. The number of amides is 3. The Morgan fingerprint density at radius 1 is 0.939 bits per heavy atom. The van der Waals surface area contributed by atoms with E-state index < -0.39 is 6.04 Å². The Bertz CT molecular complexity index is 2060. The molecular weight excluding hydrogens is 684 g/mol. The monoisotopic (exact) mass is 720 g/mol. The van der Waals surface area contributed by atoms with E-state index in [1.54, 1.807) is 10.9 Å². The number of hydrogen-bond acceptors (Lipinski definition) is 6. The Labute approximate surface area is 292 Å². The number of fused-ring (bicyclic) bond motifs is 1. The third-order valence-electron chi connectivity index (χ3n) is 9.27. The van der Waals surface area contributed by atoms with Gasteiger partial charge in [-0.25, -0.2) is 4.68 Å². The zero-order valence-electron chi connectivity index (χ0n) is 27.7. The first-order chi connectivity index (χ1) is 23.7. The van der Waals surface area contributed by atoms with Gasteiger partial charge in [0.15, 0.2) is 0 Å². The summed E-state index contributed by atoms with van der Waals surface area (Å²) in [6.45, 7) is 7.46. The molecule has 2 aliphatic heterocycles. The van der Waals surface area contributed by atoms with Crippen LogP contribution in [0.3, 0.4) is 0 Å².